The molecule has 0 spiro atoms. The number of carbonyl (C=O) groups is 1. The second-order valence-corrected chi connectivity index (χ2v) is 8.60. The minimum Gasteiger partial charge on any atom is -0.488 e. The molecule has 0 amide bonds. The van der Waals surface area contributed by atoms with Gasteiger partial charge < -0.3 is 9.15 Å². The third-order valence-electron chi connectivity index (χ3n) is 5.97. The molecule has 0 aliphatic rings. The van der Waals surface area contributed by atoms with Crippen LogP contribution in [-0.2, 0) is 6.61 Å². The maximum atomic E-state index is 13.9. The van der Waals surface area contributed by atoms with Crippen molar-refractivity contribution in [3.63, 3.8) is 0 Å². The molecule has 0 bridgehead atoms. The highest BCUT2D eigenvalue weighted by atomic mass is 16.5. The van der Waals surface area contributed by atoms with E-state index in [1.807, 2.05) is 80.6 Å². The van der Waals surface area contributed by atoms with E-state index in [4.69, 9.17) is 9.15 Å². The lowest BCUT2D eigenvalue weighted by molar-refractivity contribution is 0.103. The van der Waals surface area contributed by atoms with Crippen molar-refractivity contribution in [2.45, 2.75) is 20.5 Å². The number of ether oxygens (including phenoxy) is 1. The van der Waals surface area contributed by atoms with Crippen molar-refractivity contribution < 1.29 is 13.9 Å². The first kappa shape index (κ1) is 22.4. The normalized spacial score (nSPS) is 10.9. The van der Waals surface area contributed by atoms with Crippen molar-refractivity contribution in [2.24, 2.45) is 0 Å². The minimum atomic E-state index is -0.406. The fourth-order valence-corrected chi connectivity index (χ4v) is 4.03. The molecule has 1 heterocycles. The van der Waals surface area contributed by atoms with Crippen LogP contribution in [-0.4, -0.2) is 5.78 Å². The van der Waals surface area contributed by atoms with Crippen molar-refractivity contribution in [2.75, 3.05) is 0 Å². The van der Waals surface area contributed by atoms with E-state index in [2.05, 4.69) is 0 Å². The van der Waals surface area contributed by atoms with Crippen LogP contribution < -0.4 is 10.2 Å². The summed E-state index contributed by atoms with van der Waals surface area (Å²) in [5.41, 5.74) is 4.14. The quantitative estimate of drug-likeness (QED) is 0.259. The molecule has 35 heavy (non-hydrogen) atoms. The Balaban J connectivity index is 1.70. The fourth-order valence-electron chi connectivity index (χ4n) is 4.03. The van der Waals surface area contributed by atoms with Crippen LogP contribution in [0.25, 0.3) is 22.3 Å². The smallest absolute Gasteiger partial charge is 0.208 e. The average Bonchev–Trinajstić information content (AvgIpc) is 2.88. The molecule has 0 atom stereocenters. The van der Waals surface area contributed by atoms with Gasteiger partial charge in [0.2, 0.25) is 11.2 Å². The van der Waals surface area contributed by atoms with Crippen molar-refractivity contribution in [1.29, 1.82) is 0 Å². The lowest BCUT2D eigenvalue weighted by Gasteiger charge is -2.13. The summed E-state index contributed by atoms with van der Waals surface area (Å²) in [7, 11) is 0. The first-order chi connectivity index (χ1) is 17.0. The van der Waals surface area contributed by atoms with E-state index in [0.717, 1.165) is 16.7 Å². The molecule has 4 aromatic carbocycles. The molecule has 0 aliphatic carbocycles. The summed E-state index contributed by atoms with van der Waals surface area (Å²) in [5, 5.41) is 0.259. The number of hydrogen-bond donors (Lipinski definition) is 0. The van der Waals surface area contributed by atoms with Crippen LogP contribution in [0, 0.1) is 13.8 Å². The molecule has 0 saturated carbocycles. The summed E-state index contributed by atoms with van der Waals surface area (Å²) in [5.74, 6) is 0.260. The molecular formula is C31H24O4. The Morgan fingerprint density at radius 1 is 0.771 bits per heavy atom. The molecular weight excluding hydrogens is 436 g/mol. The highest BCUT2D eigenvalue weighted by Crippen LogP contribution is 2.32. The Kier molecular flexibility index (Phi) is 6.02. The maximum absolute atomic E-state index is 13.9. The van der Waals surface area contributed by atoms with Gasteiger partial charge >= 0.3 is 0 Å². The highest BCUT2D eigenvalue weighted by molar-refractivity contribution is 6.13. The van der Waals surface area contributed by atoms with E-state index in [0.29, 0.717) is 29.1 Å². The van der Waals surface area contributed by atoms with Gasteiger partial charge in [-0.05, 0) is 31.5 Å². The topological polar surface area (TPSA) is 56.5 Å². The van der Waals surface area contributed by atoms with Gasteiger partial charge in [-0.25, -0.2) is 0 Å². The zero-order valence-electron chi connectivity index (χ0n) is 19.6. The van der Waals surface area contributed by atoms with Crippen LogP contribution in [0.15, 0.2) is 106 Å². The fraction of sp³-hybridized carbons (Fsp3) is 0.0968. The Morgan fingerprint density at radius 3 is 2.11 bits per heavy atom. The number of carbonyl (C=O) groups excluding carboxylic acids is 1. The predicted octanol–water partition coefficient (Wildman–Crippen LogP) is 6.89. The maximum Gasteiger partial charge on any atom is 0.208 e. The Bertz CT molecular complexity index is 1560. The molecule has 0 radical (unpaired) electrons. The Hall–Kier alpha value is -4.44. The third-order valence-corrected chi connectivity index (χ3v) is 5.97. The van der Waals surface area contributed by atoms with Crippen LogP contribution in [0.5, 0.6) is 5.75 Å². The van der Waals surface area contributed by atoms with E-state index in [9.17, 15) is 9.59 Å². The largest absolute Gasteiger partial charge is 0.488 e. The first-order valence-corrected chi connectivity index (χ1v) is 11.5. The number of hydrogen-bond acceptors (Lipinski definition) is 4. The second kappa shape index (κ2) is 9.43. The molecule has 0 fully saturated rings. The van der Waals surface area contributed by atoms with E-state index in [-0.39, 0.29) is 22.5 Å². The van der Waals surface area contributed by atoms with Crippen molar-refractivity contribution >= 4 is 16.8 Å². The molecule has 0 saturated heterocycles. The summed E-state index contributed by atoms with van der Waals surface area (Å²) in [6.07, 6.45) is 0. The molecule has 5 rings (SSSR count). The van der Waals surface area contributed by atoms with E-state index in [1.54, 1.807) is 30.3 Å². The average molecular weight is 461 g/mol. The van der Waals surface area contributed by atoms with Crippen molar-refractivity contribution in [3.05, 3.63) is 135 Å². The number of aryl methyl sites for hydroxylation is 2. The number of rotatable bonds is 6. The first-order valence-electron chi connectivity index (χ1n) is 11.5. The predicted molar refractivity (Wildman–Crippen MR) is 138 cm³/mol. The SMILES string of the molecule is Cc1ccc(C(=O)c2c(-c3ccc(C)cc3)oc3cccc(OCc4ccccc4)c3c2=O)cc1. The summed E-state index contributed by atoms with van der Waals surface area (Å²) in [6, 6.07) is 29.7. The molecule has 0 N–H and O–H groups in total. The lowest BCUT2D eigenvalue weighted by Crippen LogP contribution is -2.18. The zero-order chi connectivity index (χ0) is 24.4. The number of benzene rings is 4. The van der Waals surface area contributed by atoms with Crippen LogP contribution in [0.4, 0.5) is 0 Å². The van der Waals surface area contributed by atoms with Crippen LogP contribution in [0.3, 0.4) is 0 Å². The van der Waals surface area contributed by atoms with Crippen LogP contribution in [0.2, 0.25) is 0 Å². The van der Waals surface area contributed by atoms with Gasteiger partial charge in [0, 0.05) is 11.1 Å². The molecule has 172 valence electrons. The van der Waals surface area contributed by atoms with Gasteiger partial charge in [-0.1, -0.05) is 96.1 Å². The van der Waals surface area contributed by atoms with Gasteiger partial charge in [-0.2, -0.15) is 0 Å². The van der Waals surface area contributed by atoms with Crippen LogP contribution in [0.1, 0.15) is 32.6 Å². The van der Waals surface area contributed by atoms with Gasteiger partial charge in [-0.15, -0.1) is 0 Å². The van der Waals surface area contributed by atoms with Gasteiger partial charge in [0.25, 0.3) is 0 Å². The number of ketones is 1. The van der Waals surface area contributed by atoms with E-state index < -0.39 is 5.43 Å². The summed E-state index contributed by atoms with van der Waals surface area (Å²) in [4.78, 5) is 27.6. The Morgan fingerprint density at radius 2 is 1.43 bits per heavy atom. The second-order valence-electron chi connectivity index (χ2n) is 8.60. The standard InChI is InChI=1S/C31H24O4/c1-20-11-15-23(16-12-20)29(32)28-30(33)27-25(34-19-22-7-4-3-5-8-22)9-6-10-26(27)35-31(28)24-17-13-21(2)14-18-24/h3-18H,19H2,1-2H3. The van der Waals surface area contributed by atoms with Crippen molar-refractivity contribution in [1.82, 2.24) is 0 Å². The van der Waals surface area contributed by atoms with E-state index in [1.165, 1.54) is 0 Å². The van der Waals surface area contributed by atoms with Gasteiger partial charge in [0.05, 0.1) is 0 Å². The molecule has 0 aliphatic heterocycles. The molecule has 5 aromatic rings. The number of fused-ring (bicyclic) bond motifs is 1. The third kappa shape index (κ3) is 4.51. The zero-order valence-corrected chi connectivity index (χ0v) is 19.6. The Labute approximate surface area is 203 Å². The van der Waals surface area contributed by atoms with Crippen LogP contribution >= 0.6 is 0 Å². The monoisotopic (exact) mass is 460 g/mol. The summed E-state index contributed by atoms with van der Waals surface area (Å²) < 4.78 is 12.3. The molecule has 4 nitrogen and oxygen atoms in total. The summed E-state index contributed by atoms with van der Waals surface area (Å²) in [6.45, 7) is 4.22. The highest BCUT2D eigenvalue weighted by Gasteiger charge is 2.25. The van der Waals surface area contributed by atoms with Crippen molar-refractivity contribution in [3.8, 4) is 17.1 Å². The van der Waals surface area contributed by atoms with E-state index >= 15 is 0 Å². The molecule has 0 unspecified atom stereocenters. The van der Waals surface area contributed by atoms with Gasteiger partial charge in [0.1, 0.15) is 34.6 Å². The summed E-state index contributed by atoms with van der Waals surface area (Å²) >= 11 is 0. The molecule has 4 heteroatoms. The minimum absolute atomic E-state index is 0.000896. The lowest BCUT2D eigenvalue weighted by atomic mass is 9.96. The van der Waals surface area contributed by atoms with Gasteiger partial charge in [-0.3, -0.25) is 9.59 Å². The molecule has 1 aromatic heterocycles. The van der Waals surface area contributed by atoms with Gasteiger partial charge in [0.15, 0.2) is 0 Å².